The molecule has 9 rings (SSSR count). The van der Waals surface area contributed by atoms with Crippen LogP contribution in [0.3, 0.4) is 0 Å². The van der Waals surface area contributed by atoms with Crippen molar-refractivity contribution >= 4 is 129 Å². The number of rotatable bonds is 46. The number of nitrogens with one attached hydrogen (secondary N) is 4. The summed E-state index contributed by atoms with van der Waals surface area (Å²) in [5, 5.41) is 76.9. The van der Waals surface area contributed by atoms with Crippen LogP contribution in [0, 0.1) is 22.9 Å². The number of nitro groups is 1. The molecule has 0 bridgehead atoms. The van der Waals surface area contributed by atoms with Gasteiger partial charge in [0.2, 0.25) is 89.0 Å². The van der Waals surface area contributed by atoms with Crippen LogP contribution in [0.5, 0.6) is 5.75 Å². The Labute approximate surface area is 797 Å². The van der Waals surface area contributed by atoms with Crippen LogP contribution in [0.2, 0.25) is 0 Å². The number of aromatic nitrogens is 2. The summed E-state index contributed by atoms with van der Waals surface area (Å²) >= 11 is 0. The molecule has 2 aromatic carbocycles. The Morgan fingerprint density at radius 1 is 0.643 bits per heavy atom. The molecule has 3 unspecified atom stereocenters. The van der Waals surface area contributed by atoms with Gasteiger partial charge in [-0.3, -0.25) is 96.5 Å². The number of pyridine rings is 2. The van der Waals surface area contributed by atoms with Gasteiger partial charge < -0.3 is 135 Å². The minimum Gasteiger partial charge on any atom is -0.479 e. The Balaban J connectivity index is 0.854. The quantitative estimate of drug-likeness (QED) is 0.00569. The van der Waals surface area contributed by atoms with Gasteiger partial charge in [0.1, 0.15) is 49.5 Å². The highest BCUT2D eigenvalue weighted by Crippen LogP contribution is 2.47. The summed E-state index contributed by atoms with van der Waals surface area (Å²) in [6, 6.07) is 2.57. The van der Waals surface area contributed by atoms with E-state index in [9.17, 15) is 132 Å². The molecule has 0 saturated carbocycles. The van der Waals surface area contributed by atoms with E-state index in [0.29, 0.717) is 22.1 Å². The first-order valence-corrected chi connectivity index (χ1v) is 43.7. The van der Waals surface area contributed by atoms with Gasteiger partial charge in [-0.05, 0) is 61.4 Å². The van der Waals surface area contributed by atoms with Crippen LogP contribution < -0.4 is 37.3 Å². The number of esters is 1. The molecule has 6 heterocycles. The van der Waals surface area contributed by atoms with Crippen molar-refractivity contribution in [2.24, 2.45) is 5.73 Å². The molecule has 0 radical (unpaired) electrons. The number of primary amides is 1. The van der Waals surface area contributed by atoms with E-state index >= 15 is 4.39 Å². The highest BCUT2D eigenvalue weighted by Gasteiger charge is 2.50. The number of amides is 17. The van der Waals surface area contributed by atoms with Gasteiger partial charge >= 0.3 is 23.7 Å². The molecule has 760 valence electrons. The standard InChI is InChI=1S/C87H112FN19O33/c1-13-87(132)50-29-56-76-48(32-106(56)81(126)49(50)43-137-85(87)130)75-52(16-15-47-45(2)51(88)30-54(93-76)74(47)75)94-86(131)139-58(46-14-18-57(55(28-46)107(133)134)138-84-79(125)77(123)78(124)80(140-84)83(128)129)31-91-60(109)19-17-53(92-62(111)44-136-27-26-135-25-23-90-61(110)22-24-105-63(112)20-21-64(105)113)82(127)104(12)42-73(122)103(11)41-72(121)102(10)40-71(120)101(9)39-70(119)100(8)38-69(118)99(7)37-68(117)98(6)36-67(116)97(5)35-66(115)96(4)34-65(114)95(3)33-59(89)108/h14,18,20-21,28-30,52-53,58,77-80,84,123-125,132H,13,15-17,19,22-27,31-44H2,1-12H3,(H2,89,108)(H,90,110)(H,91,109)(H,92,111)(H,94,131)(H,128,129)/t52-,53-,58?,77-,78-,79?,80?,84+,87-/m0/s1. The van der Waals surface area contributed by atoms with Crippen molar-refractivity contribution in [1.29, 1.82) is 0 Å². The molecule has 1 fully saturated rings. The number of likely N-dealkylation sites (N-methyl/N-ethyl adjacent to an activating group) is 10. The van der Waals surface area contributed by atoms with Gasteiger partial charge in [0.15, 0.2) is 17.5 Å². The number of aryl methyl sites for hydroxylation is 1. The summed E-state index contributed by atoms with van der Waals surface area (Å²) in [7, 11) is 12.4. The van der Waals surface area contributed by atoms with Crippen molar-refractivity contribution in [2.45, 2.75) is 120 Å². The SMILES string of the molecule is CC[C@@]1(O)C(=O)OCc2c1cc1n(c2=O)Cc2c-1nc1cc(F)c(C)c3c1c2[C@@H](NC(=O)OC(CNC(=O)CC[C@H](NC(=O)COCCOCCNC(=O)CCN1C(=O)C=CC1=O)C(=O)N(C)CC(=O)N(C)CC(=O)N(C)CC(=O)N(C)CC(=O)N(C)CC(=O)N(C)CC(=O)N(C)CC(=O)N(C)CC(=O)N(C)CC(=O)N(C)CC(N)=O)c1ccc(O[C@@H]2OC(C(=O)O)[C@@H](O)[C@H](O)C2O)c([N+](=O)[O-])c1)CC3. The van der Waals surface area contributed by atoms with E-state index in [4.69, 9.17) is 39.1 Å². The first-order valence-electron chi connectivity index (χ1n) is 43.7. The third-order valence-corrected chi connectivity index (χ3v) is 23.9. The van der Waals surface area contributed by atoms with Gasteiger partial charge in [0.05, 0.1) is 132 Å². The van der Waals surface area contributed by atoms with Crippen LogP contribution >= 0.6 is 0 Å². The molecular formula is C87H112FN19O33. The zero-order valence-electron chi connectivity index (χ0n) is 78.7. The lowest BCUT2D eigenvalue weighted by molar-refractivity contribution is -0.387. The summed E-state index contributed by atoms with van der Waals surface area (Å²) in [6.45, 7) is -5.65. The number of hydrogen-bond donors (Lipinski definition) is 10. The first-order chi connectivity index (χ1) is 65.8. The third kappa shape index (κ3) is 26.8. The Kier molecular flexibility index (Phi) is 37.0. The Morgan fingerprint density at radius 2 is 1.15 bits per heavy atom. The van der Waals surface area contributed by atoms with E-state index in [1.165, 1.54) is 87.9 Å². The lowest BCUT2D eigenvalue weighted by atomic mass is 9.81. The molecule has 11 N–H and O–H groups in total. The lowest BCUT2D eigenvalue weighted by Gasteiger charge is -2.38. The zero-order valence-corrected chi connectivity index (χ0v) is 78.7. The number of carboxylic acid groups (broad SMARTS) is 1. The Bertz CT molecular complexity index is 5640. The van der Waals surface area contributed by atoms with E-state index in [1.54, 1.807) is 0 Å². The van der Waals surface area contributed by atoms with E-state index in [1.807, 2.05) is 0 Å². The van der Waals surface area contributed by atoms with Crippen LogP contribution in [0.15, 0.2) is 47.3 Å². The van der Waals surface area contributed by atoms with Crippen molar-refractivity contribution in [2.75, 3.05) is 182 Å². The Morgan fingerprint density at radius 3 is 1.66 bits per heavy atom. The molecule has 5 aliphatic rings. The molecule has 0 spiro atoms. The van der Waals surface area contributed by atoms with Crippen LogP contribution in [0.25, 0.3) is 22.3 Å². The Hall–Kier alpha value is -14.7. The molecule has 1 aliphatic carbocycles. The van der Waals surface area contributed by atoms with Crippen molar-refractivity contribution in [1.82, 2.24) is 84.7 Å². The molecule has 4 aromatic rings. The third-order valence-electron chi connectivity index (χ3n) is 23.9. The molecule has 52 nitrogen and oxygen atoms in total. The topological polar surface area (TPSA) is 669 Å². The number of nitro benzene ring substituents is 1. The number of halogens is 1. The molecule has 1 saturated heterocycles. The maximum atomic E-state index is 16.0. The number of fused-ring (bicyclic) bond motifs is 5. The van der Waals surface area contributed by atoms with Crippen molar-refractivity contribution in [3.05, 3.63) is 108 Å². The summed E-state index contributed by atoms with van der Waals surface area (Å²) < 4.78 is 50.4. The second-order valence-corrected chi connectivity index (χ2v) is 34.1. The van der Waals surface area contributed by atoms with Crippen LogP contribution in [0.1, 0.15) is 90.1 Å². The number of benzene rings is 2. The molecule has 2 aromatic heterocycles. The monoisotopic (exact) mass is 1970 g/mol. The number of nitrogens with zero attached hydrogens (tertiary/aromatic N) is 14. The average Bonchev–Trinajstić information content (AvgIpc) is 1.58. The van der Waals surface area contributed by atoms with E-state index in [-0.39, 0.29) is 111 Å². The largest absolute Gasteiger partial charge is 0.479 e. The predicted molar refractivity (Wildman–Crippen MR) is 476 cm³/mol. The van der Waals surface area contributed by atoms with E-state index in [0.717, 1.165) is 97.4 Å². The molecular weight excluding hydrogens is 1860 g/mol. The number of hydrogen-bond acceptors (Lipinski definition) is 33. The number of alkyl carbamates (subject to hydrolysis) is 1. The predicted octanol–water partition coefficient (Wildman–Crippen LogP) is -6.92. The number of carboxylic acids is 1. The first kappa shape index (κ1) is 109. The molecule has 9 atom stereocenters. The normalized spacial score (nSPS) is 17.9. The van der Waals surface area contributed by atoms with Gasteiger partial charge in [0, 0.05) is 143 Å². The summed E-state index contributed by atoms with van der Waals surface area (Å²) in [5.41, 5.74) is 2.67. The second kappa shape index (κ2) is 47.6. The highest BCUT2D eigenvalue weighted by atomic mass is 19.1. The van der Waals surface area contributed by atoms with Crippen molar-refractivity contribution in [3.8, 4) is 17.1 Å². The van der Waals surface area contributed by atoms with E-state index < -0.39 is 286 Å². The molecule has 53 heteroatoms. The molecule has 140 heavy (non-hydrogen) atoms. The van der Waals surface area contributed by atoms with Crippen LogP contribution in [-0.2, 0) is 135 Å². The highest BCUT2D eigenvalue weighted by molar-refractivity contribution is 6.13. The molecule has 17 amide bonds. The van der Waals surface area contributed by atoms with Crippen LogP contribution in [0.4, 0.5) is 14.9 Å². The summed E-state index contributed by atoms with van der Waals surface area (Å²) in [4.78, 5) is 291. The van der Waals surface area contributed by atoms with Gasteiger partial charge in [-0.25, -0.2) is 23.8 Å². The smallest absolute Gasteiger partial charge is 0.408 e. The minimum absolute atomic E-state index is 0.0155. The number of ether oxygens (including phenoxy) is 6. The van der Waals surface area contributed by atoms with Crippen molar-refractivity contribution in [3.63, 3.8) is 0 Å². The number of aliphatic carboxylic acids is 1. The number of carbonyl (C=O) groups is 19. The fraction of sp³-hybridized carbons (Fsp3) is 0.529. The maximum absolute atomic E-state index is 16.0. The lowest BCUT2D eigenvalue weighted by Crippen LogP contribution is -2.61. The van der Waals surface area contributed by atoms with Gasteiger partial charge in [-0.1, -0.05) is 13.0 Å². The summed E-state index contributed by atoms with van der Waals surface area (Å²) in [6.07, 6.45) is -13.6. The van der Waals surface area contributed by atoms with E-state index in [2.05, 4.69) is 21.3 Å². The number of carbonyl (C=O) groups excluding carboxylic acids is 18. The molecule has 4 aliphatic heterocycles. The van der Waals surface area contributed by atoms with Gasteiger partial charge in [-0.2, -0.15) is 0 Å². The fourth-order valence-electron chi connectivity index (χ4n) is 15.4. The number of nitrogens with two attached hydrogens (primary N) is 1. The average molecular weight is 1970 g/mol. The van der Waals surface area contributed by atoms with Gasteiger partial charge in [-0.15, -0.1) is 0 Å². The maximum Gasteiger partial charge on any atom is 0.408 e. The zero-order chi connectivity index (χ0) is 104. The number of aliphatic hydroxyl groups is 4. The number of cyclic esters (lactones) is 1. The van der Waals surface area contributed by atoms with Crippen LogP contribution in [-0.4, -0.2) is 425 Å². The second-order valence-electron chi connectivity index (χ2n) is 34.1. The summed E-state index contributed by atoms with van der Waals surface area (Å²) in [5.74, 6) is -16.3. The van der Waals surface area contributed by atoms with Gasteiger partial charge in [0.25, 0.3) is 17.4 Å². The minimum atomic E-state index is -2.24. The van der Waals surface area contributed by atoms with Crippen molar-refractivity contribution < 1.29 is 154 Å². The number of imide groups is 1. The fourth-order valence-corrected chi connectivity index (χ4v) is 15.4. The number of aliphatic hydroxyl groups excluding tert-OH is 3.